The number of sulfone groups is 1. The highest BCUT2D eigenvalue weighted by atomic mass is 35.5. The summed E-state index contributed by atoms with van der Waals surface area (Å²) in [7, 11) is -1.97. The standard InChI is InChI=1S/C24H27ClN2O6S/c1-4-13-7-9-18(28)21(23(13)29)24(30)15-8-10-19(34(3,31)32)16(22(15)25)12-33-20-11-17(14-5-6-14)26-27(20)2/h8,10-11,13-14,29H,4-7,9,12H2,1-3H3. The molecule has 0 bridgehead atoms. The van der Waals surface area contributed by atoms with Crippen LogP contribution in [0.5, 0.6) is 5.88 Å². The minimum absolute atomic E-state index is 0.0528. The van der Waals surface area contributed by atoms with Crippen molar-refractivity contribution >= 4 is 33.0 Å². The molecule has 1 fully saturated rings. The summed E-state index contributed by atoms with van der Waals surface area (Å²) in [5, 5.41) is 14.9. The van der Waals surface area contributed by atoms with Crippen molar-refractivity contribution < 1.29 is 27.9 Å². The smallest absolute Gasteiger partial charge is 0.212 e. The Labute approximate surface area is 203 Å². The minimum Gasteiger partial charge on any atom is -0.511 e. The summed E-state index contributed by atoms with van der Waals surface area (Å²) in [6.45, 7) is 1.65. The van der Waals surface area contributed by atoms with Crippen molar-refractivity contribution in [2.75, 3.05) is 6.26 Å². The van der Waals surface area contributed by atoms with Gasteiger partial charge in [0.15, 0.2) is 15.6 Å². The molecular weight excluding hydrogens is 480 g/mol. The summed E-state index contributed by atoms with van der Waals surface area (Å²) >= 11 is 6.57. The molecule has 0 spiro atoms. The second-order valence-electron chi connectivity index (χ2n) is 8.93. The molecular formula is C24H27ClN2O6S. The van der Waals surface area contributed by atoms with Gasteiger partial charge in [-0.1, -0.05) is 18.5 Å². The molecule has 1 aromatic heterocycles. The molecule has 1 atom stereocenters. The van der Waals surface area contributed by atoms with E-state index in [0.29, 0.717) is 24.6 Å². The predicted octanol–water partition coefficient (Wildman–Crippen LogP) is 4.32. The van der Waals surface area contributed by atoms with Crippen molar-refractivity contribution in [2.45, 2.75) is 56.4 Å². The number of carbonyl (C=O) groups excluding carboxylic acids is 2. The highest BCUT2D eigenvalue weighted by Gasteiger charge is 2.34. The highest BCUT2D eigenvalue weighted by molar-refractivity contribution is 7.90. The molecule has 0 saturated heterocycles. The Hall–Kier alpha value is -2.65. The molecule has 10 heteroatoms. The molecule has 8 nitrogen and oxygen atoms in total. The molecule has 2 aliphatic rings. The predicted molar refractivity (Wildman–Crippen MR) is 126 cm³/mol. The zero-order valence-corrected chi connectivity index (χ0v) is 20.9. The van der Waals surface area contributed by atoms with Gasteiger partial charge >= 0.3 is 0 Å². The third-order valence-corrected chi connectivity index (χ3v) is 8.03. The molecule has 0 aliphatic heterocycles. The lowest BCUT2D eigenvalue weighted by Gasteiger charge is -2.23. The number of aliphatic hydroxyl groups excluding tert-OH is 1. The van der Waals surface area contributed by atoms with Crippen LogP contribution >= 0.6 is 11.6 Å². The molecule has 182 valence electrons. The Balaban J connectivity index is 1.72. The normalized spacial score (nSPS) is 18.9. The first-order chi connectivity index (χ1) is 16.0. The number of nitrogens with zero attached hydrogens (tertiary/aromatic N) is 2. The van der Waals surface area contributed by atoms with Crippen LogP contribution in [0.25, 0.3) is 0 Å². The lowest BCUT2D eigenvalue weighted by atomic mass is 9.83. The second kappa shape index (κ2) is 9.19. The molecule has 4 rings (SSSR count). The summed E-state index contributed by atoms with van der Waals surface area (Å²) in [5.74, 6) is -0.811. The van der Waals surface area contributed by atoms with Crippen LogP contribution in [-0.2, 0) is 28.3 Å². The Morgan fingerprint density at radius 1 is 1.29 bits per heavy atom. The van der Waals surface area contributed by atoms with Crippen LogP contribution in [0.15, 0.2) is 34.4 Å². The zero-order valence-electron chi connectivity index (χ0n) is 19.3. The van der Waals surface area contributed by atoms with Crippen molar-refractivity contribution in [2.24, 2.45) is 13.0 Å². The maximum Gasteiger partial charge on any atom is 0.212 e. The van der Waals surface area contributed by atoms with Crippen LogP contribution < -0.4 is 4.74 Å². The number of carbonyl (C=O) groups is 2. The van der Waals surface area contributed by atoms with E-state index in [1.54, 1.807) is 11.7 Å². The monoisotopic (exact) mass is 506 g/mol. The van der Waals surface area contributed by atoms with Crippen LogP contribution in [0.3, 0.4) is 0 Å². The van der Waals surface area contributed by atoms with Crippen molar-refractivity contribution in [3.05, 3.63) is 51.4 Å². The zero-order chi connectivity index (χ0) is 24.8. The van der Waals surface area contributed by atoms with Crippen molar-refractivity contribution in [1.82, 2.24) is 9.78 Å². The third kappa shape index (κ3) is 4.63. The fourth-order valence-corrected chi connectivity index (χ4v) is 5.57. The maximum atomic E-state index is 13.3. The number of halogens is 1. The molecule has 1 saturated carbocycles. The van der Waals surface area contributed by atoms with Gasteiger partial charge in [-0.2, -0.15) is 5.10 Å². The number of ketones is 2. The van der Waals surface area contributed by atoms with Crippen LogP contribution in [-0.4, -0.2) is 41.1 Å². The van der Waals surface area contributed by atoms with Gasteiger partial charge in [0.2, 0.25) is 11.7 Å². The topological polar surface area (TPSA) is 116 Å². The van der Waals surface area contributed by atoms with E-state index in [0.717, 1.165) is 24.8 Å². The average Bonchev–Trinajstić information content (AvgIpc) is 3.55. The Bertz CT molecular complexity index is 1310. The SMILES string of the molecule is CCC1CCC(=O)C(C(=O)c2ccc(S(C)(=O)=O)c(COc3cc(C4CC4)nn3C)c2Cl)=C1O. The van der Waals surface area contributed by atoms with E-state index in [1.165, 1.54) is 12.1 Å². The Kier molecular flexibility index (Phi) is 6.61. The van der Waals surface area contributed by atoms with Gasteiger partial charge in [0, 0.05) is 48.8 Å². The molecule has 1 N–H and O–H groups in total. The van der Waals surface area contributed by atoms with Gasteiger partial charge in [-0.25, -0.2) is 13.1 Å². The van der Waals surface area contributed by atoms with Crippen molar-refractivity contribution in [3.63, 3.8) is 0 Å². The van der Waals surface area contributed by atoms with Gasteiger partial charge in [0.1, 0.15) is 17.9 Å². The maximum absolute atomic E-state index is 13.3. The first kappa shape index (κ1) is 24.5. The van der Waals surface area contributed by atoms with E-state index in [2.05, 4.69) is 5.10 Å². The molecule has 2 aliphatic carbocycles. The summed E-state index contributed by atoms with van der Waals surface area (Å²) in [6, 6.07) is 4.38. The molecule has 0 radical (unpaired) electrons. The summed E-state index contributed by atoms with van der Waals surface area (Å²) in [5.41, 5.74) is 0.696. The van der Waals surface area contributed by atoms with E-state index in [4.69, 9.17) is 16.3 Å². The largest absolute Gasteiger partial charge is 0.511 e. The molecule has 1 heterocycles. The number of Topliss-reactive ketones (excluding diaryl/α,β-unsaturated/α-hetero) is 2. The van der Waals surface area contributed by atoms with Gasteiger partial charge < -0.3 is 9.84 Å². The lowest BCUT2D eigenvalue weighted by molar-refractivity contribution is -0.116. The number of ether oxygens (including phenoxy) is 1. The summed E-state index contributed by atoms with van der Waals surface area (Å²) in [6.07, 6.45) is 4.41. The number of hydrogen-bond donors (Lipinski definition) is 1. The molecule has 2 aromatic rings. The van der Waals surface area contributed by atoms with Crippen molar-refractivity contribution in [1.29, 1.82) is 0 Å². The van der Waals surface area contributed by atoms with Gasteiger partial charge in [-0.3, -0.25) is 9.59 Å². The fourth-order valence-electron chi connectivity index (χ4n) is 4.28. The number of aromatic nitrogens is 2. The van der Waals surface area contributed by atoms with Crippen molar-refractivity contribution in [3.8, 4) is 5.88 Å². The van der Waals surface area contributed by atoms with Gasteiger partial charge in [0.25, 0.3) is 0 Å². The van der Waals surface area contributed by atoms with Crippen LogP contribution in [0.4, 0.5) is 0 Å². The highest BCUT2D eigenvalue weighted by Crippen LogP contribution is 2.40. The van der Waals surface area contributed by atoms with E-state index in [9.17, 15) is 23.1 Å². The lowest BCUT2D eigenvalue weighted by Crippen LogP contribution is -2.25. The number of aliphatic hydroxyl groups is 1. The Morgan fingerprint density at radius 2 is 2.00 bits per heavy atom. The van der Waals surface area contributed by atoms with Crippen LogP contribution in [0, 0.1) is 5.92 Å². The Morgan fingerprint density at radius 3 is 2.62 bits per heavy atom. The number of rotatable bonds is 8. The molecule has 0 amide bonds. The summed E-state index contributed by atoms with van der Waals surface area (Å²) in [4.78, 5) is 25.7. The number of benzene rings is 1. The molecule has 1 unspecified atom stereocenters. The minimum atomic E-state index is -3.70. The van der Waals surface area contributed by atoms with E-state index in [1.807, 2.05) is 13.0 Å². The number of hydrogen-bond acceptors (Lipinski definition) is 7. The quantitative estimate of drug-likeness (QED) is 0.418. The van der Waals surface area contributed by atoms with Crippen LogP contribution in [0.1, 0.15) is 66.6 Å². The van der Waals surface area contributed by atoms with E-state index in [-0.39, 0.29) is 51.3 Å². The first-order valence-electron chi connectivity index (χ1n) is 11.2. The second-order valence-corrected chi connectivity index (χ2v) is 11.3. The summed E-state index contributed by atoms with van der Waals surface area (Å²) < 4.78 is 32.3. The first-order valence-corrected chi connectivity index (χ1v) is 13.5. The van der Waals surface area contributed by atoms with E-state index >= 15 is 0 Å². The molecule has 1 aromatic carbocycles. The fraction of sp³-hybridized carbons (Fsp3) is 0.458. The van der Waals surface area contributed by atoms with Gasteiger partial charge in [0.05, 0.1) is 15.6 Å². The number of aryl methyl sites for hydroxylation is 1. The van der Waals surface area contributed by atoms with Gasteiger partial charge in [-0.05, 0) is 37.8 Å². The van der Waals surface area contributed by atoms with Crippen LogP contribution in [0.2, 0.25) is 5.02 Å². The average molecular weight is 507 g/mol. The van der Waals surface area contributed by atoms with E-state index < -0.39 is 21.4 Å². The number of allylic oxidation sites excluding steroid dienone is 2. The third-order valence-electron chi connectivity index (χ3n) is 6.42. The van der Waals surface area contributed by atoms with Gasteiger partial charge in [-0.15, -0.1) is 0 Å². The molecule has 34 heavy (non-hydrogen) atoms.